The molecule has 2 aromatic rings. The molecular formula is C20H17Cl2IN2O3. The number of carboxylic acids is 1. The van der Waals surface area contributed by atoms with Crippen molar-refractivity contribution < 1.29 is 14.7 Å². The van der Waals surface area contributed by atoms with E-state index in [1.165, 1.54) is 0 Å². The number of benzene rings is 2. The summed E-state index contributed by atoms with van der Waals surface area (Å²) in [6, 6.07) is 11.8. The average molecular weight is 531 g/mol. The molecule has 1 atom stereocenters. The van der Waals surface area contributed by atoms with Gasteiger partial charge in [-0.2, -0.15) is 0 Å². The molecule has 2 aromatic carbocycles. The van der Waals surface area contributed by atoms with Crippen LogP contribution in [0.2, 0.25) is 10.0 Å². The number of halogens is 3. The second kappa shape index (κ2) is 9.15. The van der Waals surface area contributed by atoms with E-state index in [1.807, 2.05) is 52.9 Å². The van der Waals surface area contributed by atoms with E-state index in [0.29, 0.717) is 37.8 Å². The van der Waals surface area contributed by atoms with Gasteiger partial charge in [-0.25, -0.2) is 4.79 Å². The van der Waals surface area contributed by atoms with E-state index in [0.717, 1.165) is 5.69 Å². The molecule has 1 heterocycles. The van der Waals surface area contributed by atoms with Crippen LogP contribution in [0.3, 0.4) is 0 Å². The van der Waals surface area contributed by atoms with E-state index in [2.05, 4.69) is 5.32 Å². The molecule has 2 N–H and O–H groups in total. The molecule has 0 radical (unpaired) electrons. The highest BCUT2D eigenvalue weighted by molar-refractivity contribution is 14.1. The molecule has 1 unspecified atom stereocenters. The number of rotatable bonds is 6. The number of carbonyl (C=O) groups is 2. The van der Waals surface area contributed by atoms with Crippen LogP contribution in [0.25, 0.3) is 0 Å². The standard InChI is InChI=1S/C20H17Cl2IN2O3/c21-13-10-15(22)18(23)17(11-13)24-16(20(27)28)7-6-12-8-9-25(19(12)26)14-4-2-1-3-5-14/h1-6,10-11,16,24H,7-9H2,(H,27,28)/b12-6+. The number of carbonyl (C=O) groups excluding carboxylic acids is 1. The van der Waals surface area contributed by atoms with E-state index in [1.54, 1.807) is 23.1 Å². The molecule has 1 amide bonds. The SMILES string of the molecule is O=C(O)C(C/C=C1\CCN(c2ccccc2)C1=O)Nc1cc(Cl)cc(Cl)c1I. The summed E-state index contributed by atoms with van der Waals surface area (Å²) in [7, 11) is 0. The van der Waals surface area contributed by atoms with Gasteiger partial charge in [0, 0.05) is 22.8 Å². The van der Waals surface area contributed by atoms with Gasteiger partial charge in [-0.1, -0.05) is 47.5 Å². The molecule has 28 heavy (non-hydrogen) atoms. The maximum atomic E-state index is 12.6. The first kappa shape index (κ1) is 21.0. The average Bonchev–Trinajstić information content (AvgIpc) is 3.03. The van der Waals surface area contributed by atoms with Crippen LogP contribution in [0.1, 0.15) is 12.8 Å². The second-order valence-corrected chi connectivity index (χ2v) is 8.21. The molecule has 146 valence electrons. The van der Waals surface area contributed by atoms with Gasteiger partial charge in [0.1, 0.15) is 6.04 Å². The van der Waals surface area contributed by atoms with E-state index in [-0.39, 0.29) is 12.3 Å². The third-order valence-electron chi connectivity index (χ3n) is 4.41. The molecule has 0 aromatic heterocycles. The number of hydrogen-bond donors (Lipinski definition) is 2. The van der Waals surface area contributed by atoms with Crippen molar-refractivity contribution in [1.82, 2.24) is 0 Å². The van der Waals surface area contributed by atoms with Gasteiger partial charge in [0.15, 0.2) is 0 Å². The van der Waals surface area contributed by atoms with Gasteiger partial charge < -0.3 is 15.3 Å². The van der Waals surface area contributed by atoms with Gasteiger partial charge in [-0.15, -0.1) is 0 Å². The lowest BCUT2D eigenvalue weighted by Gasteiger charge is -2.17. The fraction of sp³-hybridized carbons (Fsp3) is 0.200. The Bertz CT molecular complexity index is 935. The Kier molecular flexibility index (Phi) is 6.85. The third-order valence-corrected chi connectivity index (χ3v) is 6.41. The number of nitrogens with zero attached hydrogens (tertiary/aromatic N) is 1. The van der Waals surface area contributed by atoms with Gasteiger partial charge in [0.2, 0.25) is 0 Å². The van der Waals surface area contributed by atoms with Gasteiger partial charge in [0.25, 0.3) is 5.91 Å². The Morgan fingerprint density at radius 2 is 2.00 bits per heavy atom. The first-order chi connectivity index (χ1) is 13.4. The summed E-state index contributed by atoms with van der Waals surface area (Å²) in [5.41, 5.74) is 2.01. The molecule has 1 saturated heterocycles. The van der Waals surface area contributed by atoms with Crippen molar-refractivity contribution in [1.29, 1.82) is 0 Å². The van der Waals surface area contributed by atoms with Crippen molar-refractivity contribution in [2.45, 2.75) is 18.9 Å². The lowest BCUT2D eigenvalue weighted by molar-refractivity contribution is -0.137. The Morgan fingerprint density at radius 1 is 1.29 bits per heavy atom. The smallest absolute Gasteiger partial charge is 0.326 e. The monoisotopic (exact) mass is 530 g/mol. The summed E-state index contributed by atoms with van der Waals surface area (Å²) < 4.78 is 0.690. The van der Waals surface area contributed by atoms with Crippen LogP contribution in [0.5, 0.6) is 0 Å². The van der Waals surface area contributed by atoms with Gasteiger partial charge >= 0.3 is 5.97 Å². The number of hydrogen-bond acceptors (Lipinski definition) is 3. The predicted molar refractivity (Wildman–Crippen MR) is 120 cm³/mol. The molecule has 5 nitrogen and oxygen atoms in total. The maximum absolute atomic E-state index is 12.6. The van der Waals surface area contributed by atoms with Crippen molar-refractivity contribution in [3.05, 3.63) is 67.7 Å². The minimum Gasteiger partial charge on any atom is -0.480 e. The molecule has 0 spiro atoms. The van der Waals surface area contributed by atoms with Crippen molar-refractivity contribution in [3.8, 4) is 0 Å². The fourth-order valence-corrected chi connectivity index (χ4v) is 3.95. The zero-order valence-corrected chi connectivity index (χ0v) is 18.3. The molecule has 0 bridgehead atoms. The highest BCUT2D eigenvalue weighted by Gasteiger charge is 2.27. The summed E-state index contributed by atoms with van der Waals surface area (Å²) in [6.45, 7) is 0.585. The van der Waals surface area contributed by atoms with Gasteiger partial charge in [-0.3, -0.25) is 4.79 Å². The van der Waals surface area contributed by atoms with E-state index < -0.39 is 12.0 Å². The Morgan fingerprint density at radius 3 is 2.68 bits per heavy atom. The van der Waals surface area contributed by atoms with Gasteiger partial charge in [0.05, 0.1) is 14.3 Å². The molecule has 1 fully saturated rings. The normalized spacial score (nSPS) is 16.5. The van der Waals surface area contributed by atoms with Crippen LogP contribution in [0.4, 0.5) is 11.4 Å². The highest BCUT2D eigenvalue weighted by atomic mass is 127. The number of nitrogens with one attached hydrogen (secondary N) is 1. The lowest BCUT2D eigenvalue weighted by atomic mass is 10.1. The zero-order chi connectivity index (χ0) is 20.3. The first-order valence-corrected chi connectivity index (χ1v) is 10.4. The molecule has 8 heteroatoms. The number of anilines is 2. The van der Waals surface area contributed by atoms with Crippen molar-refractivity contribution in [2.75, 3.05) is 16.8 Å². The zero-order valence-electron chi connectivity index (χ0n) is 14.7. The van der Waals surface area contributed by atoms with Crippen LogP contribution in [-0.4, -0.2) is 29.6 Å². The second-order valence-electron chi connectivity index (χ2n) is 6.29. The first-order valence-electron chi connectivity index (χ1n) is 8.56. The fourth-order valence-electron chi connectivity index (χ4n) is 2.99. The Labute approximate surface area is 186 Å². The summed E-state index contributed by atoms with van der Waals surface area (Å²) in [5, 5.41) is 13.4. The van der Waals surface area contributed by atoms with Crippen LogP contribution in [0.15, 0.2) is 54.1 Å². The maximum Gasteiger partial charge on any atom is 0.326 e. The van der Waals surface area contributed by atoms with E-state index in [4.69, 9.17) is 23.2 Å². The van der Waals surface area contributed by atoms with Crippen molar-refractivity contribution >= 4 is 69.0 Å². The topological polar surface area (TPSA) is 69.6 Å². The number of para-hydroxylation sites is 1. The highest BCUT2D eigenvalue weighted by Crippen LogP contribution is 2.31. The minimum atomic E-state index is -1.02. The molecule has 1 aliphatic heterocycles. The van der Waals surface area contributed by atoms with Crippen molar-refractivity contribution in [2.24, 2.45) is 0 Å². The molecular weight excluding hydrogens is 514 g/mol. The van der Waals surface area contributed by atoms with Crippen molar-refractivity contribution in [3.63, 3.8) is 0 Å². The summed E-state index contributed by atoms with van der Waals surface area (Å²) >= 11 is 14.2. The van der Waals surface area contributed by atoms with Crippen LogP contribution in [-0.2, 0) is 9.59 Å². The summed E-state index contributed by atoms with van der Waals surface area (Å²) in [5.74, 6) is -1.11. The quantitative estimate of drug-likeness (QED) is 0.305. The largest absolute Gasteiger partial charge is 0.480 e. The van der Waals surface area contributed by atoms with E-state index >= 15 is 0 Å². The minimum absolute atomic E-state index is 0.0873. The van der Waals surface area contributed by atoms with E-state index in [9.17, 15) is 14.7 Å². The van der Waals surface area contributed by atoms with Gasteiger partial charge in [-0.05, 0) is 59.7 Å². The lowest BCUT2D eigenvalue weighted by Crippen LogP contribution is -2.29. The summed E-state index contributed by atoms with van der Waals surface area (Å²) in [6.07, 6.45) is 2.45. The predicted octanol–water partition coefficient (Wildman–Crippen LogP) is 5.22. The molecule has 0 aliphatic carbocycles. The molecule has 0 saturated carbocycles. The third kappa shape index (κ3) is 4.79. The Hall–Kier alpha value is -1.77. The number of aliphatic carboxylic acids is 1. The number of carboxylic acid groups (broad SMARTS) is 1. The molecule has 1 aliphatic rings. The van der Waals surface area contributed by atoms with Crippen LogP contribution in [0, 0.1) is 3.57 Å². The van der Waals surface area contributed by atoms with Crippen LogP contribution < -0.4 is 10.2 Å². The molecule has 3 rings (SSSR count). The Balaban J connectivity index is 1.74. The van der Waals surface area contributed by atoms with Crippen LogP contribution >= 0.6 is 45.8 Å². The summed E-state index contributed by atoms with van der Waals surface area (Å²) in [4.78, 5) is 26.0. The number of amides is 1.